The molecule has 1 aliphatic rings. The Kier molecular flexibility index (Phi) is 3.53. The van der Waals surface area contributed by atoms with Crippen molar-refractivity contribution in [2.75, 3.05) is 12.4 Å². The normalized spacial score (nSPS) is 14.5. The van der Waals surface area contributed by atoms with E-state index in [0.717, 1.165) is 5.56 Å². The lowest BCUT2D eigenvalue weighted by molar-refractivity contribution is -0.384. The van der Waals surface area contributed by atoms with Gasteiger partial charge in [-0.25, -0.2) is 4.99 Å². The third-order valence-corrected chi connectivity index (χ3v) is 3.50. The summed E-state index contributed by atoms with van der Waals surface area (Å²) in [4.78, 5) is 26.8. The summed E-state index contributed by atoms with van der Waals surface area (Å²) >= 11 is 0. The molecule has 7 heteroatoms. The first-order valence-corrected chi connectivity index (χ1v) is 6.83. The predicted octanol–water partition coefficient (Wildman–Crippen LogP) is 2.98. The minimum atomic E-state index is -0.514. The molecule has 0 aromatic heterocycles. The zero-order valence-electron chi connectivity index (χ0n) is 12.5. The lowest BCUT2D eigenvalue weighted by atomic mass is 10.1. The highest BCUT2D eigenvalue weighted by Crippen LogP contribution is 2.34. The van der Waals surface area contributed by atoms with E-state index < -0.39 is 4.92 Å². The number of ether oxygens (including phenoxy) is 1. The summed E-state index contributed by atoms with van der Waals surface area (Å²) in [7, 11) is 1.40. The number of nitrogens with one attached hydrogen (secondary N) is 1. The summed E-state index contributed by atoms with van der Waals surface area (Å²) in [6, 6.07) is 9.65. The first-order chi connectivity index (χ1) is 11.0. The van der Waals surface area contributed by atoms with Gasteiger partial charge in [-0.2, -0.15) is 0 Å². The number of non-ortho nitro benzene ring substituents is 1. The Morgan fingerprint density at radius 1 is 1.22 bits per heavy atom. The summed E-state index contributed by atoms with van der Waals surface area (Å²) in [5, 5.41) is 13.6. The van der Waals surface area contributed by atoms with Crippen LogP contribution in [-0.2, 0) is 4.79 Å². The van der Waals surface area contributed by atoms with E-state index in [9.17, 15) is 14.9 Å². The summed E-state index contributed by atoms with van der Waals surface area (Å²) < 4.78 is 5.15. The topological polar surface area (TPSA) is 93.8 Å². The molecule has 23 heavy (non-hydrogen) atoms. The van der Waals surface area contributed by atoms with Gasteiger partial charge in [-0.05, 0) is 25.1 Å². The molecule has 0 unspecified atom stereocenters. The van der Waals surface area contributed by atoms with Crippen LogP contribution in [0.2, 0.25) is 0 Å². The van der Waals surface area contributed by atoms with Crippen molar-refractivity contribution in [3.05, 3.63) is 57.6 Å². The number of fused-ring (bicyclic) bond motifs is 1. The third kappa shape index (κ3) is 2.64. The highest BCUT2D eigenvalue weighted by atomic mass is 16.6. The zero-order chi connectivity index (χ0) is 16.6. The van der Waals surface area contributed by atoms with Gasteiger partial charge in [0.2, 0.25) is 0 Å². The summed E-state index contributed by atoms with van der Waals surface area (Å²) in [5.74, 6) is -0.0772. The number of carbonyl (C=O) groups is 1. The molecule has 3 rings (SSSR count). The van der Waals surface area contributed by atoms with E-state index in [4.69, 9.17) is 4.74 Å². The van der Waals surface area contributed by atoms with Crippen LogP contribution in [0, 0.1) is 17.0 Å². The number of carbonyl (C=O) groups excluding carboxylic acids is 1. The molecule has 0 bridgehead atoms. The Morgan fingerprint density at radius 3 is 2.70 bits per heavy atom. The van der Waals surface area contributed by atoms with Crippen molar-refractivity contribution in [3.8, 4) is 5.75 Å². The van der Waals surface area contributed by atoms with Crippen LogP contribution < -0.4 is 10.1 Å². The number of rotatable bonds is 3. The van der Waals surface area contributed by atoms with Crippen LogP contribution in [-0.4, -0.2) is 23.7 Å². The van der Waals surface area contributed by atoms with Gasteiger partial charge in [-0.1, -0.05) is 11.6 Å². The van der Waals surface area contributed by atoms with Gasteiger partial charge in [0, 0.05) is 11.6 Å². The Hall–Kier alpha value is -3.22. The van der Waals surface area contributed by atoms with Crippen molar-refractivity contribution < 1.29 is 14.5 Å². The standard InChI is InChI=1S/C16H13N3O4/c1-9-3-5-12-11(7-9)15(16(20)18-12)17-13-6-4-10(19(21)22)8-14(13)23-2/h3-8H,1-2H3,(H,17,18,20). The largest absolute Gasteiger partial charge is 0.494 e. The number of benzene rings is 2. The van der Waals surface area contributed by atoms with Gasteiger partial charge in [-0.3, -0.25) is 14.9 Å². The average Bonchev–Trinajstić information content (AvgIpc) is 2.83. The second-order valence-electron chi connectivity index (χ2n) is 5.08. The molecule has 0 aliphatic carbocycles. The maximum atomic E-state index is 12.1. The van der Waals surface area contributed by atoms with E-state index in [1.165, 1.54) is 25.3 Å². The van der Waals surface area contributed by atoms with Gasteiger partial charge in [0.15, 0.2) is 5.75 Å². The Bertz CT molecular complexity index is 858. The van der Waals surface area contributed by atoms with Crippen LogP contribution in [0.4, 0.5) is 17.1 Å². The molecule has 0 spiro atoms. The number of amides is 1. The third-order valence-electron chi connectivity index (χ3n) is 3.50. The Labute approximate surface area is 131 Å². The summed E-state index contributed by atoms with van der Waals surface area (Å²) in [6.07, 6.45) is 0. The Morgan fingerprint density at radius 2 is 2.00 bits per heavy atom. The van der Waals surface area contributed by atoms with Crippen LogP contribution in [0.25, 0.3) is 0 Å². The van der Waals surface area contributed by atoms with Crippen molar-refractivity contribution in [3.63, 3.8) is 0 Å². The number of aryl methyl sites for hydroxylation is 1. The van der Waals surface area contributed by atoms with Crippen molar-refractivity contribution in [2.24, 2.45) is 4.99 Å². The number of methoxy groups -OCH3 is 1. The Balaban J connectivity index is 2.11. The SMILES string of the molecule is COc1cc([N+](=O)[O-])ccc1N=C1C(=O)Nc2ccc(C)cc21. The van der Waals surface area contributed by atoms with Gasteiger partial charge in [0.25, 0.3) is 11.6 Å². The molecule has 0 atom stereocenters. The van der Waals surface area contributed by atoms with Crippen LogP contribution >= 0.6 is 0 Å². The van der Waals surface area contributed by atoms with Gasteiger partial charge in [-0.15, -0.1) is 0 Å². The van der Waals surface area contributed by atoms with Gasteiger partial charge in [0.1, 0.15) is 11.4 Å². The molecule has 2 aromatic rings. The maximum absolute atomic E-state index is 12.1. The van der Waals surface area contributed by atoms with Crippen LogP contribution in [0.5, 0.6) is 5.75 Å². The second kappa shape index (κ2) is 5.53. The maximum Gasteiger partial charge on any atom is 0.275 e. The smallest absolute Gasteiger partial charge is 0.275 e. The fraction of sp³-hybridized carbons (Fsp3) is 0.125. The van der Waals surface area contributed by atoms with Gasteiger partial charge >= 0.3 is 0 Å². The van der Waals surface area contributed by atoms with Crippen molar-refractivity contribution in [2.45, 2.75) is 6.92 Å². The number of hydrogen-bond acceptors (Lipinski definition) is 5. The van der Waals surface area contributed by atoms with Crippen molar-refractivity contribution in [1.29, 1.82) is 0 Å². The number of nitrogens with zero attached hydrogens (tertiary/aromatic N) is 2. The highest BCUT2D eigenvalue weighted by molar-refractivity contribution is 6.54. The van der Waals surface area contributed by atoms with E-state index in [1.807, 2.05) is 25.1 Å². The second-order valence-corrected chi connectivity index (χ2v) is 5.08. The molecule has 0 fully saturated rings. The first kappa shape index (κ1) is 14.7. The molecular weight excluding hydrogens is 298 g/mol. The molecule has 0 saturated heterocycles. The monoisotopic (exact) mass is 311 g/mol. The van der Waals surface area contributed by atoms with Crippen LogP contribution in [0.15, 0.2) is 41.4 Å². The first-order valence-electron chi connectivity index (χ1n) is 6.83. The number of nitro groups is 1. The molecule has 1 aliphatic heterocycles. The fourth-order valence-corrected chi connectivity index (χ4v) is 2.37. The van der Waals surface area contributed by atoms with Crippen LogP contribution in [0.3, 0.4) is 0 Å². The number of anilines is 1. The lowest BCUT2D eigenvalue weighted by Crippen LogP contribution is -2.14. The van der Waals surface area contributed by atoms with Gasteiger partial charge < -0.3 is 10.1 Å². The van der Waals surface area contributed by atoms with Crippen molar-refractivity contribution >= 4 is 28.7 Å². The quantitative estimate of drug-likeness (QED) is 0.696. The lowest BCUT2D eigenvalue weighted by Gasteiger charge is -2.05. The number of aliphatic imine (C=N–C) groups is 1. The minimum Gasteiger partial charge on any atom is -0.494 e. The van der Waals surface area contributed by atoms with E-state index in [1.54, 1.807) is 0 Å². The average molecular weight is 311 g/mol. The molecule has 0 saturated carbocycles. The fourth-order valence-electron chi connectivity index (χ4n) is 2.37. The van der Waals surface area contributed by atoms with Crippen molar-refractivity contribution in [1.82, 2.24) is 0 Å². The summed E-state index contributed by atoms with van der Waals surface area (Å²) in [6.45, 7) is 1.92. The van der Waals surface area contributed by atoms with E-state index in [0.29, 0.717) is 16.9 Å². The molecule has 116 valence electrons. The molecule has 1 amide bonds. The molecule has 1 N–H and O–H groups in total. The zero-order valence-corrected chi connectivity index (χ0v) is 12.5. The molecule has 7 nitrogen and oxygen atoms in total. The predicted molar refractivity (Wildman–Crippen MR) is 85.7 cm³/mol. The molecule has 0 radical (unpaired) electrons. The van der Waals surface area contributed by atoms with Crippen LogP contribution in [0.1, 0.15) is 11.1 Å². The summed E-state index contributed by atoms with van der Waals surface area (Å²) in [5.41, 5.74) is 2.92. The van der Waals surface area contributed by atoms with E-state index in [2.05, 4.69) is 10.3 Å². The highest BCUT2D eigenvalue weighted by Gasteiger charge is 2.26. The molecule has 1 heterocycles. The molecular formula is C16H13N3O4. The minimum absolute atomic E-state index is 0.0991. The van der Waals surface area contributed by atoms with E-state index >= 15 is 0 Å². The number of nitro benzene ring substituents is 1. The van der Waals surface area contributed by atoms with E-state index in [-0.39, 0.29) is 23.1 Å². The number of hydrogen-bond donors (Lipinski definition) is 1. The molecule has 2 aromatic carbocycles. The van der Waals surface area contributed by atoms with Gasteiger partial charge in [0.05, 0.1) is 23.8 Å².